The number of para-hydroxylation sites is 3. The number of rotatable bonds is 6. The highest BCUT2D eigenvalue weighted by molar-refractivity contribution is 7.95. The van der Waals surface area contributed by atoms with Gasteiger partial charge in [0.2, 0.25) is 0 Å². The molecule has 2 aromatic rings. The van der Waals surface area contributed by atoms with Crippen LogP contribution in [-0.4, -0.2) is 38.3 Å². The maximum atomic E-state index is 13.2. The van der Waals surface area contributed by atoms with Crippen molar-refractivity contribution in [2.24, 2.45) is 0 Å². The van der Waals surface area contributed by atoms with E-state index in [-0.39, 0.29) is 12.1 Å². The third-order valence-electron chi connectivity index (χ3n) is 4.40. The fourth-order valence-corrected chi connectivity index (χ4v) is 4.79. The first-order chi connectivity index (χ1) is 12.7. The Labute approximate surface area is 161 Å². The summed E-state index contributed by atoms with van der Waals surface area (Å²) in [5.41, 5.74) is 1.77. The Kier molecular flexibility index (Phi) is 5.46. The molecule has 0 aromatic heterocycles. The summed E-state index contributed by atoms with van der Waals surface area (Å²) in [5, 5.41) is 13.5. The van der Waals surface area contributed by atoms with Gasteiger partial charge in [0.1, 0.15) is 0 Å². The molecule has 146 valence electrons. The summed E-state index contributed by atoms with van der Waals surface area (Å²) in [7, 11) is -3.74. The first kappa shape index (κ1) is 19.7. The minimum absolute atomic E-state index is 0.0998. The quantitative estimate of drug-likeness (QED) is 0.797. The average Bonchev–Trinajstić information content (AvgIpc) is 2.84. The van der Waals surface area contributed by atoms with Crippen LogP contribution in [0.2, 0.25) is 0 Å². The number of nitrogens with zero attached hydrogens (tertiary/aromatic N) is 2. The maximum Gasteiger partial charge on any atom is 0.330 e. The summed E-state index contributed by atoms with van der Waals surface area (Å²) in [6.07, 6.45) is -0.281. The molecule has 1 aliphatic heterocycles. The van der Waals surface area contributed by atoms with Gasteiger partial charge in [0, 0.05) is 18.6 Å². The molecule has 0 bridgehead atoms. The highest BCUT2D eigenvalue weighted by Gasteiger charge is 2.40. The molecule has 6 nitrogen and oxygen atoms in total. The number of fused-ring (bicyclic) bond motifs is 1. The van der Waals surface area contributed by atoms with E-state index in [2.05, 4.69) is 5.32 Å². The molecule has 3 rings (SSSR count). The van der Waals surface area contributed by atoms with Crippen molar-refractivity contribution in [3.8, 4) is 0 Å². The predicted octanol–water partition coefficient (Wildman–Crippen LogP) is 3.03. The van der Waals surface area contributed by atoms with Gasteiger partial charge in [0.15, 0.2) is 0 Å². The summed E-state index contributed by atoms with van der Waals surface area (Å²) < 4.78 is 29.2. The molecule has 0 radical (unpaired) electrons. The standard InChI is InChI=1S/C20H27N3O3S/c1-20(2,3)21-15-17(24)13-14-22-18-11-7-8-12-19(18)23(27(22,25)26)16-9-5-4-6-10-16/h4-12,17,21,24H,13-15H2,1-3H3/t17-/m0/s1. The Hall–Kier alpha value is -2.09. The third kappa shape index (κ3) is 4.26. The van der Waals surface area contributed by atoms with Gasteiger partial charge in [-0.3, -0.25) is 4.31 Å². The zero-order valence-electron chi connectivity index (χ0n) is 16.0. The fourth-order valence-electron chi connectivity index (χ4n) is 3.06. The molecule has 2 aromatic carbocycles. The Morgan fingerprint density at radius 2 is 1.59 bits per heavy atom. The van der Waals surface area contributed by atoms with Gasteiger partial charge in [-0.2, -0.15) is 8.42 Å². The maximum absolute atomic E-state index is 13.2. The molecular formula is C20H27N3O3S. The molecule has 2 N–H and O–H groups in total. The zero-order chi connectivity index (χ0) is 19.7. The van der Waals surface area contributed by atoms with E-state index in [1.807, 2.05) is 51.1 Å². The van der Waals surface area contributed by atoms with Crippen LogP contribution in [0, 0.1) is 0 Å². The second-order valence-corrected chi connectivity index (χ2v) is 9.44. The van der Waals surface area contributed by atoms with Gasteiger partial charge < -0.3 is 10.4 Å². The second kappa shape index (κ2) is 7.50. The minimum Gasteiger partial charge on any atom is -0.392 e. The van der Waals surface area contributed by atoms with E-state index in [1.54, 1.807) is 24.3 Å². The topological polar surface area (TPSA) is 72.9 Å². The van der Waals surface area contributed by atoms with Gasteiger partial charge in [-0.15, -0.1) is 0 Å². The lowest BCUT2D eigenvalue weighted by Crippen LogP contribution is -2.42. The number of nitrogens with one attached hydrogen (secondary N) is 1. The van der Waals surface area contributed by atoms with Crippen molar-refractivity contribution in [2.75, 3.05) is 21.7 Å². The van der Waals surface area contributed by atoms with E-state index in [0.29, 0.717) is 30.0 Å². The lowest BCUT2D eigenvalue weighted by molar-refractivity contribution is 0.154. The van der Waals surface area contributed by atoms with Crippen LogP contribution in [0.3, 0.4) is 0 Å². The Morgan fingerprint density at radius 3 is 2.22 bits per heavy atom. The van der Waals surface area contributed by atoms with Crippen LogP contribution in [0.4, 0.5) is 17.1 Å². The van der Waals surface area contributed by atoms with Gasteiger partial charge in [0.05, 0.1) is 23.2 Å². The summed E-state index contributed by atoms with van der Waals surface area (Å²) in [4.78, 5) is 0. The number of benzene rings is 2. The van der Waals surface area contributed by atoms with E-state index in [4.69, 9.17) is 0 Å². The summed E-state index contributed by atoms with van der Waals surface area (Å²) >= 11 is 0. The van der Waals surface area contributed by atoms with Crippen molar-refractivity contribution in [2.45, 2.75) is 38.8 Å². The predicted molar refractivity (Wildman–Crippen MR) is 110 cm³/mol. The first-order valence-electron chi connectivity index (χ1n) is 9.10. The van der Waals surface area contributed by atoms with E-state index >= 15 is 0 Å². The smallest absolute Gasteiger partial charge is 0.330 e. The fraction of sp³-hybridized carbons (Fsp3) is 0.400. The number of aliphatic hydroxyl groups excluding tert-OH is 1. The summed E-state index contributed by atoms with van der Waals surface area (Å²) in [6.45, 7) is 6.72. The molecule has 7 heteroatoms. The van der Waals surface area contributed by atoms with Crippen LogP contribution in [-0.2, 0) is 10.2 Å². The molecule has 0 amide bonds. The van der Waals surface area contributed by atoms with Crippen LogP contribution >= 0.6 is 0 Å². The highest BCUT2D eigenvalue weighted by atomic mass is 32.2. The molecule has 0 saturated carbocycles. The SMILES string of the molecule is CC(C)(C)NC[C@@H](O)CCN1c2ccccc2N(c2ccccc2)S1(=O)=O. The van der Waals surface area contributed by atoms with Crippen molar-refractivity contribution in [3.05, 3.63) is 54.6 Å². The van der Waals surface area contributed by atoms with E-state index in [0.717, 1.165) is 0 Å². The zero-order valence-corrected chi connectivity index (χ0v) is 16.8. The molecular weight excluding hydrogens is 362 g/mol. The van der Waals surface area contributed by atoms with Crippen molar-refractivity contribution in [3.63, 3.8) is 0 Å². The average molecular weight is 390 g/mol. The number of anilines is 3. The molecule has 1 heterocycles. The third-order valence-corrected chi connectivity index (χ3v) is 6.21. The van der Waals surface area contributed by atoms with Gasteiger partial charge in [-0.1, -0.05) is 30.3 Å². The minimum atomic E-state index is -3.74. The molecule has 0 spiro atoms. The van der Waals surface area contributed by atoms with Gasteiger partial charge in [0.25, 0.3) is 0 Å². The van der Waals surface area contributed by atoms with E-state index in [1.165, 1.54) is 8.61 Å². The molecule has 0 unspecified atom stereocenters. The number of hydrogen-bond donors (Lipinski definition) is 2. The number of aliphatic hydroxyl groups is 1. The monoisotopic (exact) mass is 389 g/mol. The van der Waals surface area contributed by atoms with Crippen molar-refractivity contribution >= 4 is 27.3 Å². The second-order valence-electron chi connectivity index (χ2n) is 7.74. The normalized spacial score (nSPS) is 17.0. The molecule has 1 aliphatic rings. The van der Waals surface area contributed by atoms with E-state index < -0.39 is 16.3 Å². The van der Waals surface area contributed by atoms with Crippen LogP contribution in [0.15, 0.2) is 54.6 Å². The molecule has 1 atom stereocenters. The Bertz CT molecular complexity index is 879. The molecule has 0 fully saturated rings. The Morgan fingerprint density at radius 1 is 1.00 bits per heavy atom. The number of β-amino-alcohol motifs (C(OH)–C–C–N with tert-alkyl or cyclic N) is 1. The van der Waals surface area contributed by atoms with Gasteiger partial charge in [-0.25, -0.2) is 4.31 Å². The summed E-state index contributed by atoms with van der Waals surface area (Å²) in [6, 6.07) is 16.3. The lowest BCUT2D eigenvalue weighted by atomic mass is 10.1. The molecule has 0 saturated heterocycles. The Balaban J connectivity index is 1.82. The van der Waals surface area contributed by atoms with Crippen LogP contribution < -0.4 is 13.9 Å². The largest absolute Gasteiger partial charge is 0.392 e. The van der Waals surface area contributed by atoms with Crippen molar-refractivity contribution in [1.29, 1.82) is 0 Å². The van der Waals surface area contributed by atoms with Crippen molar-refractivity contribution in [1.82, 2.24) is 5.32 Å². The highest BCUT2D eigenvalue weighted by Crippen LogP contribution is 2.45. The van der Waals surface area contributed by atoms with E-state index in [9.17, 15) is 13.5 Å². The van der Waals surface area contributed by atoms with Crippen LogP contribution in [0.5, 0.6) is 0 Å². The number of hydrogen-bond acceptors (Lipinski definition) is 4. The summed E-state index contributed by atoms with van der Waals surface area (Å²) in [5.74, 6) is 0. The lowest BCUT2D eigenvalue weighted by Gasteiger charge is -2.25. The van der Waals surface area contributed by atoms with Crippen LogP contribution in [0.25, 0.3) is 0 Å². The van der Waals surface area contributed by atoms with Gasteiger partial charge in [-0.05, 0) is 51.5 Å². The van der Waals surface area contributed by atoms with Gasteiger partial charge >= 0.3 is 10.2 Å². The van der Waals surface area contributed by atoms with Crippen LogP contribution in [0.1, 0.15) is 27.2 Å². The molecule has 0 aliphatic carbocycles. The first-order valence-corrected chi connectivity index (χ1v) is 10.5. The molecule has 27 heavy (non-hydrogen) atoms. The van der Waals surface area contributed by atoms with Crippen molar-refractivity contribution < 1.29 is 13.5 Å².